The summed E-state index contributed by atoms with van der Waals surface area (Å²) >= 11 is 0. The number of hydrogen-bond donors (Lipinski definition) is 1. The fourth-order valence-corrected chi connectivity index (χ4v) is 12.5. The van der Waals surface area contributed by atoms with Gasteiger partial charge in [-0.15, -0.1) is 0 Å². The molecule has 4 atom stereocenters. The van der Waals surface area contributed by atoms with Gasteiger partial charge in [-0.2, -0.15) is 0 Å². The van der Waals surface area contributed by atoms with Crippen LogP contribution in [-0.2, 0) is 50.7 Å². The second-order valence-electron chi connectivity index (χ2n) is 23.0. The lowest BCUT2D eigenvalue weighted by Gasteiger charge is -2.38. The summed E-state index contributed by atoms with van der Waals surface area (Å²) in [5.41, 5.74) is 5.23. The van der Waals surface area contributed by atoms with Crippen LogP contribution in [0.5, 0.6) is 17.2 Å². The van der Waals surface area contributed by atoms with Gasteiger partial charge in [0.05, 0.1) is 41.9 Å². The number of fused-ring (bicyclic) bond motifs is 6. The number of ether oxygens (including phenoxy) is 4. The zero-order valence-electron chi connectivity index (χ0n) is 44.5. The molecule has 2 aromatic carbocycles. The van der Waals surface area contributed by atoms with Crippen LogP contribution in [0.15, 0.2) is 29.1 Å². The molecule has 1 N–H and O–H groups in total. The van der Waals surface area contributed by atoms with Crippen molar-refractivity contribution in [3.05, 3.63) is 79.1 Å². The lowest BCUT2D eigenvalue weighted by Crippen LogP contribution is -2.44. The van der Waals surface area contributed by atoms with Gasteiger partial charge in [0, 0.05) is 22.1 Å². The first-order valence-corrected chi connectivity index (χ1v) is 27.1. The minimum absolute atomic E-state index is 0.0649. The molecule has 4 aromatic rings. The topological polar surface area (TPSA) is 143 Å². The molecule has 1 aliphatic carbocycles. The van der Waals surface area contributed by atoms with Gasteiger partial charge in [-0.1, -0.05) is 99.3 Å². The van der Waals surface area contributed by atoms with Crippen LogP contribution in [0.2, 0.25) is 0 Å². The molecule has 71 heavy (non-hydrogen) atoms. The third-order valence-corrected chi connectivity index (χ3v) is 17.1. The van der Waals surface area contributed by atoms with E-state index in [1.165, 1.54) is 44.9 Å². The number of pyridine rings is 2. The van der Waals surface area contributed by atoms with Gasteiger partial charge in [0.15, 0.2) is 5.60 Å². The second-order valence-corrected chi connectivity index (χ2v) is 23.0. The van der Waals surface area contributed by atoms with Crippen LogP contribution < -0.4 is 19.8 Å². The highest BCUT2D eigenvalue weighted by Crippen LogP contribution is 2.48. The maximum absolute atomic E-state index is 14.0. The Morgan fingerprint density at radius 3 is 2.14 bits per heavy atom. The van der Waals surface area contributed by atoms with Crippen LogP contribution in [0.3, 0.4) is 0 Å². The Labute approximate surface area is 421 Å². The summed E-state index contributed by atoms with van der Waals surface area (Å²) in [6.45, 7) is 21.7. The van der Waals surface area contributed by atoms with E-state index in [-0.39, 0.29) is 60.7 Å². The molecule has 1 saturated carbocycles. The number of carbonyl (C=O) groups is 3. The van der Waals surface area contributed by atoms with Gasteiger partial charge in [0.1, 0.15) is 29.5 Å². The molecular weight excluding hydrogens is 893 g/mol. The monoisotopic (exact) mass is 973 g/mol. The summed E-state index contributed by atoms with van der Waals surface area (Å²) < 4.78 is 26.2. The van der Waals surface area contributed by atoms with Crippen molar-refractivity contribution >= 4 is 28.8 Å². The summed E-state index contributed by atoms with van der Waals surface area (Å²) in [5.74, 6) is 2.78. The fraction of sp³-hybridized carbons (Fsp3) is 0.617. The Balaban J connectivity index is 0.894. The van der Waals surface area contributed by atoms with Crippen molar-refractivity contribution in [2.75, 3.05) is 0 Å². The van der Waals surface area contributed by atoms with Crippen LogP contribution in [0, 0.1) is 43.9 Å². The van der Waals surface area contributed by atoms with E-state index >= 15 is 0 Å². The summed E-state index contributed by atoms with van der Waals surface area (Å²) in [6, 6.07) is 7.10. The van der Waals surface area contributed by atoms with Crippen LogP contribution in [0.25, 0.3) is 22.3 Å². The Kier molecular flexibility index (Phi) is 15.6. The van der Waals surface area contributed by atoms with Crippen molar-refractivity contribution in [1.82, 2.24) is 9.55 Å². The van der Waals surface area contributed by atoms with E-state index in [4.69, 9.17) is 23.9 Å². The molecule has 11 nitrogen and oxygen atoms in total. The highest BCUT2D eigenvalue weighted by atomic mass is 16.6. The number of cyclic esters (lactones) is 1. The summed E-state index contributed by atoms with van der Waals surface area (Å²) in [7, 11) is 0. The first kappa shape index (κ1) is 52.3. The van der Waals surface area contributed by atoms with E-state index in [9.17, 15) is 24.3 Å². The summed E-state index contributed by atoms with van der Waals surface area (Å²) in [5, 5.41) is 12.1. The van der Waals surface area contributed by atoms with Crippen molar-refractivity contribution in [2.45, 2.75) is 216 Å². The van der Waals surface area contributed by atoms with Gasteiger partial charge in [-0.25, -0.2) is 9.78 Å². The number of benzene rings is 2. The van der Waals surface area contributed by atoms with Crippen LogP contribution in [-0.4, -0.2) is 38.2 Å². The second kappa shape index (κ2) is 21.2. The first-order chi connectivity index (χ1) is 33.8. The number of carbonyl (C=O) groups excluding carboxylic acids is 3. The molecule has 4 aliphatic rings. The van der Waals surface area contributed by atoms with E-state index in [0.717, 1.165) is 114 Å². The summed E-state index contributed by atoms with van der Waals surface area (Å²) in [6.07, 6.45) is 17.4. The van der Waals surface area contributed by atoms with E-state index in [1.54, 1.807) is 23.6 Å². The van der Waals surface area contributed by atoms with Gasteiger partial charge in [-0.05, 0) is 149 Å². The third-order valence-electron chi connectivity index (χ3n) is 17.1. The van der Waals surface area contributed by atoms with E-state index < -0.39 is 23.0 Å². The molecule has 0 amide bonds. The minimum atomic E-state index is -1.91. The maximum atomic E-state index is 14.0. The number of rotatable bonds is 20. The predicted molar refractivity (Wildman–Crippen MR) is 278 cm³/mol. The molecular formula is C60H80N2O9. The quantitative estimate of drug-likeness (QED) is 0.0591. The zero-order chi connectivity index (χ0) is 51.0. The number of hydrogen-bond acceptors (Lipinski definition) is 10. The number of nitrogens with zero attached hydrogens (tertiary/aromatic N) is 2. The molecule has 11 heteroatoms. The van der Waals surface area contributed by atoms with Gasteiger partial charge in [-0.3, -0.25) is 14.4 Å². The minimum Gasteiger partial charge on any atom is -0.487 e. The molecule has 0 bridgehead atoms. The van der Waals surface area contributed by atoms with Crippen molar-refractivity contribution in [1.29, 1.82) is 0 Å². The Hall–Kier alpha value is -5.03. The number of aromatic nitrogens is 2. The average molecular weight is 973 g/mol. The standard InChI is InChI=1S/C60H80N2O9/c1-11-43-45-30-42(23-24-49(45)61-53-46(43)34-62-50(53)31-48-47(56(62)65)35-68-57(66)60(48,67)12-2)69-51(63)32-59(27-13-14-28-59)33-52(64)70-54-39(7)40(8)55-44(41(54)9)25-29-58(10,71-55)26-17-22-38(6)21-16-20-37(5)19-15-18-36(3)4/h23-24,30-31,36-38,67H,11-22,25-29,32-35H2,1-10H3/t37-,38-,58-,60+/m1/s1. The van der Waals surface area contributed by atoms with Crippen LogP contribution in [0.1, 0.15) is 202 Å². The highest BCUT2D eigenvalue weighted by Gasteiger charge is 2.46. The third kappa shape index (κ3) is 10.7. The predicted octanol–water partition coefficient (Wildman–Crippen LogP) is 12.9. The van der Waals surface area contributed by atoms with E-state index in [1.807, 2.05) is 32.9 Å². The van der Waals surface area contributed by atoms with Crippen molar-refractivity contribution in [3.63, 3.8) is 0 Å². The smallest absolute Gasteiger partial charge is 0.343 e. The molecule has 0 spiro atoms. The number of aliphatic hydroxyl groups is 1. The van der Waals surface area contributed by atoms with Crippen molar-refractivity contribution in [3.8, 4) is 28.6 Å². The van der Waals surface area contributed by atoms with E-state index in [2.05, 4.69) is 41.5 Å². The zero-order valence-corrected chi connectivity index (χ0v) is 44.5. The maximum Gasteiger partial charge on any atom is 0.343 e. The van der Waals surface area contributed by atoms with Gasteiger partial charge in [0.25, 0.3) is 5.56 Å². The lowest BCUT2D eigenvalue weighted by atomic mass is 9.79. The Bertz CT molecular complexity index is 2750. The van der Waals surface area contributed by atoms with Gasteiger partial charge in [0.2, 0.25) is 0 Å². The van der Waals surface area contributed by atoms with Crippen LogP contribution in [0.4, 0.5) is 0 Å². The van der Waals surface area contributed by atoms with Gasteiger partial charge < -0.3 is 28.6 Å². The van der Waals surface area contributed by atoms with Crippen molar-refractivity contribution in [2.24, 2.45) is 23.2 Å². The van der Waals surface area contributed by atoms with Crippen LogP contribution >= 0.6 is 0 Å². The molecule has 0 unspecified atom stereocenters. The average Bonchev–Trinajstić information content (AvgIpc) is 3.94. The molecule has 0 saturated heterocycles. The molecule has 8 rings (SSSR count). The number of aryl methyl sites for hydroxylation is 1. The molecule has 1 fully saturated rings. The number of esters is 3. The first-order valence-electron chi connectivity index (χ1n) is 27.1. The Morgan fingerprint density at radius 1 is 0.817 bits per heavy atom. The Morgan fingerprint density at radius 2 is 1.48 bits per heavy atom. The highest BCUT2D eigenvalue weighted by molar-refractivity contribution is 5.90. The fourth-order valence-electron chi connectivity index (χ4n) is 12.5. The molecule has 0 radical (unpaired) electrons. The molecule has 5 heterocycles. The molecule has 384 valence electrons. The summed E-state index contributed by atoms with van der Waals surface area (Å²) in [4.78, 5) is 59.4. The molecule has 3 aliphatic heterocycles. The largest absolute Gasteiger partial charge is 0.487 e. The SMILES string of the molecule is CCc1c2c(nc3ccc(OC(=O)CC4(CC(=O)Oc5c(C)c(C)c6c(c5C)CC[C@@](C)(CCC[C@H](C)CCC[C@H](C)CCCC(C)C)O6)CCCC4)cc13)-c1cc3c(c(=O)n1C2)COC(=O)[C@]3(O)CC. The van der Waals surface area contributed by atoms with Gasteiger partial charge >= 0.3 is 17.9 Å². The lowest BCUT2D eigenvalue weighted by molar-refractivity contribution is -0.172. The van der Waals surface area contributed by atoms with E-state index in [0.29, 0.717) is 34.8 Å². The molecule has 2 aromatic heterocycles. The van der Waals surface area contributed by atoms with Crippen molar-refractivity contribution < 1.29 is 38.4 Å². The normalized spacial score (nSPS) is 20.7.